The first kappa shape index (κ1) is 31.1. The highest BCUT2D eigenvalue weighted by Gasteiger charge is 2.32. The standard InChI is InChI=1S/C24H20Cl2F3N5O7S/c1-11-13(19-20(37)32(2)23(38)33(3)21(19)40-11)7-17(35)31-22-34(10-39-18(36)8-30-26)15(9-42-22)12-4-5-16(14(25)6-12)41-24(27,28)29/h4-6,9,30H,7-8,10H2,1-3H3/b31-22-. The van der Waals surface area contributed by atoms with Gasteiger partial charge in [0, 0.05) is 30.6 Å². The first-order valence-electron chi connectivity index (χ1n) is 11.7. The number of thiazole rings is 1. The highest BCUT2D eigenvalue weighted by atomic mass is 35.5. The molecule has 1 aromatic carbocycles. The Bertz CT molecular complexity index is 1890. The van der Waals surface area contributed by atoms with Crippen LogP contribution in [-0.4, -0.2) is 38.5 Å². The largest absolute Gasteiger partial charge is 0.573 e. The van der Waals surface area contributed by atoms with Crippen molar-refractivity contribution in [1.82, 2.24) is 18.5 Å². The second kappa shape index (κ2) is 12.2. The molecule has 0 aliphatic rings. The summed E-state index contributed by atoms with van der Waals surface area (Å²) in [4.78, 5) is 56.4. The van der Waals surface area contributed by atoms with Crippen molar-refractivity contribution in [3.05, 3.63) is 65.6 Å². The van der Waals surface area contributed by atoms with Crippen LogP contribution in [0.5, 0.6) is 5.75 Å². The van der Waals surface area contributed by atoms with Gasteiger partial charge in [-0.05, 0) is 36.9 Å². The van der Waals surface area contributed by atoms with Crippen molar-refractivity contribution in [1.29, 1.82) is 0 Å². The molecular formula is C24H20Cl2F3N5O7S. The van der Waals surface area contributed by atoms with Gasteiger partial charge in [0.2, 0.25) is 5.71 Å². The number of fused-ring (bicyclic) bond motifs is 1. The molecular weight excluding hydrogens is 630 g/mol. The fourth-order valence-corrected chi connectivity index (χ4v) is 5.22. The van der Waals surface area contributed by atoms with Crippen molar-refractivity contribution in [3.8, 4) is 17.0 Å². The molecule has 0 saturated heterocycles. The normalized spacial score (nSPS) is 12.2. The third-order valence-corrected chi connectivity index (χ3v) is 7.25. The van der Waals surface area contributed by atoms with Crippen molar-refractivity contribution in [3.63, 3.8) is 0 Å². The Labute approximate surface area is 247 Å². The summed E-state index contributed by atoms with van der Waals surface area (Å²) in [6.45, 7) is 0.750. The lowest BCUT2D eigenvalue weighted by Crippen LogP contribution is -2.36. The van der Waals surface area contributed by atoms with E-state index in [2.05, 4.69) is 14.6 Å². The number of alkyl halides is 3. The van der Waals surface area contributed by atoms with Gasteiger partial charge in [0.05, 0.1) is 17.1 Å². The lowest BCUT2D eigenvalue weighted by molar-refractivity contribution is -0.274. The molecule has 0 aliphatic heterocycles. The van der Waals surface area contributed by atoms with Crippen molar-refractivity contribution in [2.75, 3.05) is 6.54 Å². The van der Waals surface area contributed by atoms with E-state index in [4.69, 9.17) is 32.5 Å². The average Bonchev–Trinajstić information content (AvgIpc) is 3.46. The molecule has 0 atom stereocenters. The Kier molecular flexibility index (Phi) is 9.01. The Morgan fingerprint density at radius 3 is 2.55 bits per heavy atom. The molecule has 1 amide bonds. The topological polar surface area (TPSA) is 139 Å². The van der Waals surface area contributed by atoms with E-state index in [0.717, 1.165) is 26.5 Å². The number of aromatic nitrogens is 3. The van der Waals surface area contributed by atoms with E-state index in [-0.39, 0.29) is 45.2 Å². The lowest BCUT2D eigenvalue weighted by Gasteiger charge is -2.13. The van der Waals surface area contributed by atoms with Crippen LogP contribution in [0.4, 0.5) is 13.2 Å². The van der Waals surface area contributed by atoms with Crippen LogP contribution in [0, 0.1) is 6.92 Å². The second-order valence-electron chi connectivity index (χ2n) is 8.69. The third kappa shape index (κ3) is 6.46. The number of rotatable bonds is 8. The molecule has 0 saturated carbocycles. The summed E-state index contributed by atoms with van der Waals surface area (Å²) in [6.07, 6.45) is -5.33. The number of amides is 1. The monoisotopic (exact) mass is 649 g/mol. The van der Waals surface area contributed by atoms with Gasteiger partial charge in [0.1, 0.15) is 23.4 Å². The highest BCUT2D eigenvalue weighted by molar-refractivity contribution is 7.07. The molecule has 0 bridgehead atoms. The van der Waals surface area contributed by atoms with Gasteiger partial charge in [0.25, 0.3) is 11.5 Å². The molecule has 1 N–H and O–H groups in total. The van der Waals surface area contributed by atoms with Crippen LogP contribution in [0.3, 0.4) is 0 Å². The van der Waals surface area contributed by atoms with Crippen molar-refractivity contribution in [2.45, 2.75) is 26.4 Å². The van der Waals surface area contributed by atoms with Gasteiger partial charge in [-0.25, -0.2) is 9.63 Å². The maximum atomic E-state index is 13.1. The summed E-state index contributed by atoms with van der Waals surface area (Å²) in [7, 11) is 2.72. The predicted molar refractivity (Wildman–Crippen MR) is 145 cm³/mol. The molecule has 0 unspecified atom stereocenters. The quantitative estimate of drug-likeness (QED) is 0.227. The SMILES string of the molecule is Cc1oc2c(c1CC(=O)/N=c1\scc(-c3ccc(OC(F)(F)F)c(Cl)c3)n1COC(=O)CNCl)c(=O)n(C)c(=O)n2C. The average molecular weight is 650 g/mol. The van der Waals surface area contributed by atoms with E-state index in [0.29, 0.717) is 11.3 Å². The first-order valence-corrected chi connectivity index (χ1v) is 13.3. The minimum absolute atomic E-state index is 0.00603. The number of ether oxygens (including phenoxy) is 2. The van der Waals surface area contributed by atoms with Crippen LogP contribution in [0.2, 0.25) is 5.02 Å². The van der Waals surface area contributed by atoms with Gasteiger partial charge < -0.3 is 13.9 Å². The van der Waals surface area contributed by atoms with E-state index in [1.54, 1.807) is 0 Å². The van der Waals surface area contributed by atoms with Gasteiger partial charge in [-0.15, -0.1) is 24.5 Å². The maximum Gasteiger partial charge on any atom is 0.573 e. The molecule has 42 heavy (non-hydrogen) atoms. The predicted octanol–water partition coefficient (Wildman–Crippen LogP) is 3.13. The first-order chi connectivity index (χ1) is 19.7. The van der Waals surface area contributed by atoms with Crippen molar-refractivity contribution in [2.24, 2.45) is 19.1 Å². The fraction of sp³-hybridized carbons (Fsp3) is 0.292. The van der Waals surface area contributed by atoms with Crippen LogP contribution in [-0.2, 0) is 41.6 Å². The molecule has 0 spiro atoms. The second-order valence-corrected chi connectivity index (χ2v) is 10.2. The van der Waals surface area contributed by atoms with Crippen LogP contribution in [0.15, 0.2) is 42.6 Å². The number of halogens is 5. The summed E-state index contributed by atoms with van der Waals surface area (Å²) in [5, 5.41) is 1.23. The van der Waals surface area contributed by atoms with E-state index in [1.807, 2.05) is 0 Å². The number of esters is 1. The number of nitrogens with zero attached hydrogens (tertiary/aromatic N) is 4. The van der Waals surface area contributed by atoms with E-state index in [1.165, 1.54) is 43.1 Å². The van der Waals surface area contributed by atoms with Gasteiger partial charge in [-0.3, -0.25) is 28.1 Å². The molecule has 4 aromatic rings. The molecule has 18 heteroatoms. The minimum atomic E-state index is -4.96. The van der Waals surface area contributed by atoms with Crippen molar-refractivity contribution >= 4 is 57.7 Å². The molecule has 3 heterocycles. The number of furan rings is 1. The number of carbonyl (C=O) groups excluding carboxylic acids is 2. The maximum absolute atomic E-state index is 13.1. The Morgan fingerprint density at radius 1 is 1.19 bits per heavy atom. The van der Waals surface area contributed by atoms with Gasteiger partial charge in [0.15, 0.2) is 11.5 Å². The molecule has 3 aromatic heterocycles. The molecule has 224 valence electrons. The van der Waals surface area contributed by atoms with Crippen LogP contribution in [0.1, 0.15) is 11.3 Å². The fourth-order valence-electron chi connectivity index (χ4n) is 3.98. The molecule has 0 fully saturated rings. The zero-order chi connectivity index (χ0) is 30.9. The molecule has 4 rings (SSSR count). The third-order valence-electron chi connectivity index (χ3n) is 5.95. The number of hydrogen-bond acceptors (Lipinski definition) is 9. The van der Waals surface area contributed by atoms with Crippen molar-refractivity contribution < 1.29 is 36.7 Å². The zero-order valence-corrected chi connectivity index (χ0v) is 24.2. The van der Waals surface area contributed by atoms with Gasteiger partial charge >= 0.3 is 18.0 Å². The highest BCUT2D eigenvalue weighted by Crippen LogP contribution is 2.34. The van der Waals surface area contributed by atoms with Crippen LogP contribution in [0.25, 0.3) is 22.4 Å². The van der Waals surface area contributed by atoms with E-state index >= 15 is 0 Å². The van der Waals surface area contributed by atoms with E-state index in [9.17, 15) is 32.3 Å². The molecule has 12 nitrogen and oxygen atoms in total. The lowest BCUT2D eigenvalue weighted by atomic mass is 10.1. The van der Waals surface area contributed by atoms with Crippen LogP contribution < -0.4 is 25.6 Å². The number of carbonyl (C=O) groups is 2. The number of benzene rings is 1. The Hall–Kier alpha value is -3.86. The van der Waals surface area contributed by atoms with Gasteiger partial charge in [-0.1, -0.05) is 11.6 Å². The Balaban J connectivity index is 1.75. The smallest absolute Gasteiger partial charge is 0.444 e. The zero-order valence-electron chi connectivity index (χ0n) is 21.9. The summed E-state index contributed by atoms with van der Waals surface area (Å²) in [6, 6.07) is 3.51. The molecule has 0 aliphatic carbocycles. The number of hydrogen-bond donors (Lipinski definition) is 1. The Morgan fingerprint density at radius 2 is 1.90 bits per heavy atom. The summed E-state index contributed by atoms with van der Waals surface area (Å²) < 4.78 is 56.1. The summed E-state index contributed by atoms with van der Waals surface area (Å²) in [5.41, 5.74) is -0.403. The van der Waals surface area contributed by atoms with Crippen LogP contribution >= 0.6 is 34.7 Å². The summed E-state index contributed by atoms with van der Waals surface area (Å²) in [5.74, 6) is -1.84. The minimum Gasteiger partial charge on any atom is -0.444 e. The van der Waals surface area contributed by atoms with E-state index < -0.39 is 42.0 Å². The number of aryl methyl sites for hydroxylation is 2. The summed E-state index contributed by atoms with van der Waals surface area (Å²) >= 11 is 12.3. The molecule has 0 radical (unpaired) electrons. The van der Waals surface area contributed by atoms with Gasteiger partial charge in [-0.2, -0.15) is 4.99 Å². The number of nitrogens with one attached hydrogen (secondary N) is 1.